The number of aryl methyl sites for hydroxylation is 1. The minimum Gasteiger partial charge on any atom is -0.395 e. The zero-order valence-corrected chi connectivity index (χ0v) is 11.3. The summed E-state index contributed by atoms with van der Waals surface area (Å²) in [6, 6.07) is 10.9. The molecule has 0 bridgehead atoms. The van der Waals surface area contributed by atoms with Crippen LogP contribution in [0.25, 0.3) is 0 Å². The number of aromatic nitrogens is 1. The highest BCUT2D eigenvalue weighted by molar-refractivity contribution is 6.03. The smallest absolute Gasteiger partial charge is 0.272 e. The van der Waals surface area contributed by atoms with E-state index in [1.165, 1.54) is 0 Å². The van der Waals surface area contributed by atoms with E-state index in [4.69, 9.17) is 5.11 Å². The van der Waals surface area contributed by atoms with Gasteiger partial charge in [-0.1, -0.05) is 11.8 Å². The van der Waals surface area contributed by atoms with Crippen LogP contribution >= 0.6 is 0 Å². The largest absolute Gasteiger partial charge is 0.395 e. The van der Waals surface area contributed by atoms with Gasteiger partial charge in [0.2, 0.25) is 0 Å². The normalized spacial score (nSPS) is 9.70. The van der Waals surface area contributed by atoms with Gasteiger partial charge in [0, 0.05) is 30.9 Å². The minimum absolute atomic E-state index is 0.0673. The SMILES string of the molecule is Cn1cccc1C(=O)Nc1ccc(C#CCCO)cc1. The van der Waals surface area contributed by atoms with Gasteiger partial charge < -0.3 is 15.0 Å². The van der Waals surface area contributed by atoms with Crippen molar-refractivity contribution in [3.05, 3.63) is 53.9 Å². The van der Waals surface area contributed by atoms with E-state index in [2.05, 4.69) is 17.2 Å². The molecule has 0 unspecified atom stereocenters. The first-order valence-corrected chi connectivity index (χ1v) is 6.33. The van der Waals surface area contributed by atoms with Crippen LogP contribution < -0.4 is 5.32 Å². The summed E-state index contributed by atoms with van der Waals surface area (Å²) < 4.78 is 1.77. The van der Waals surface area contributed by atoms with Crippen LogP contribution in [-0.2, 0) is 7.05 Å². The Morgan fingerprint density at radius 2 is 2.05 bits per heavy atom. The van der Waals surface area contributed by atoms with Crippen molar-refractivity contribution in [1.82, 2.24) is 4.57 Å². The maximum Gasteiger partial charge on any atom is 0.272 e. The fourth-order valence-corrected chi connectivity index (χ4v) is 1.75. The number of aliphatic hydroxyl groups excluding tert-OH is 1. The van der Waals surface area contributed by atoms with Gasteiger partial charge in [0.05, 0.1) is 6.61 Å². The van der Waals surface area contributed by atoms with Crippen LogP contribution in [0.1, 0.15) is 22.5 Å². The van der Waals surface area contributed by atoms with Gasteiger partial charge in [-0.15, -0.1) is 0 Å². The van der Waals surface area contributed by atoms with Crippen molar-refractivity contribution in [2.24, 2.45) is 7.05 Å². The molecule has 2 N–H and O–H groups in total. The number of rotatable bonds is 3. The molecule has 102 valence electrons. The molecule has 0 saturated carbocycles. The summed E-state index contributed by atoms with van der Waals surface area (Å²) >= 11 is 0. The summed E-state index contributed by atoms with van der Waals surface area (Å²) in [4.78, 5) is 12.0. The van der Waals surface area contributed by atoms with E-state index in [1.807, 2.05) is 43.6 Å². The van der Waals surface area contributed by atoms with E-state index in [9.17, 15) is 4.79 Å². The van der Waals surface area contributed by atoms with E-state index in [1.54, 1.807) is 10.6 Å². The zero-order chi connectivity index (χ0) is 14.4. The molecule has 2 aromatic rings. The molecule has 0 saturated heterocycles. The van der Waals surface area contributed by atoms with E-state index in [-0.39, 0.29) is 12.5 Å². The number of benzene rings is 1. The first-order valence-electron chi connectivity index (χ1n) is 6.33. The Hall–Kier alpha value is -2.51. The maximum atomic E-state index is 12.0. The molecule has 1 amide bonds. The molecular formula is C16H16N2O2. The fourth-order valence-electron chi connectivity index (χ4n) is 1.75. The number of carbonyl (C=O) groups is 1. The van der Waals surface area contributed by atoms with E-state index < -0.39 is 0 Å². The summed E-state index contributed by atoms with van der Waals surface area (Å²) in [5.74, 6) is 5.64. The molecule has 0 atom stereocenters. The molecule has 4 nitrogen and oxygen atoms in total. The summed E-state index contributed by atoms with van der Waals surface area (Å²) in [6.07, 6.45) is 2.29. The Labute approximate surface area is 118 Å². The van der Waals surface area contributed by atoms with Crippen molar-refractivity contribution >= 4 is 11.6 Å². The molecule has 0 spiro atoms. The van der Waals surface area contributed by atoms with Crippen molar-refractivity contribution in [1.29, 1.82) is 0 Å². The molecule has 0 fully saturated rings. The quantitative estimate of drug-likeness (QED) is 0.837. The van der Waals surface area contributed by atoms with Crippen molar-refractivity contribution in [2.45, 2.75) is 6.42 Å². The summed E-state index contributed by atoms with van der Waals surface area (Å²) in [5.41, 5.74) is 2.19. The first kappa shape index (κ1) is 13.9. The Bertz CT molecular complexity index is 645. The second-order valence-corrected chi connectivity index (χ2v) is 4.31. The van der Waals surface area contributed by atoms with Crippen molar-refractivity contribution in [2.75, 3.05) is 11.9 Å². The van der Waals surface area contributed by atoms with E-state index in [0.29, 0.717) is 12.1 Å². The Morgan fingerprint density at radius 1 is 1.30 bits per heavy atom. The minimum atomic E-state index is -0.142. The molecule has 1 heterocycles. The lowest BCUT2D eigenvalue weighted by atomic mass is 10.2. The number of nitrogens with one attached hydrogen (secondary N) is 1. The summed E-state index contributed by atoms with van der Waals surface area (Å²) in [7, 11) is 1.83. The number of anilines is 1. The lowest BCUT2D eigenvalue weighted by Crippen LogP contribution is -2.15. The predicted molar refractivity (Wildman–Crippen MR) is 78.4 cm³/mol. The fraction of sp³-hybridized carbons (Fsp3) is 0.188. The number of hydrogen-bond acceptors (Lipinski definition) is 2. The van der Waals surface area contributed by atoms with Crippen LogP contribution in [0.5, 0.6) is 0 Å². The van der Waals surface area contributed by atoms with Crippen LogP contribution in [-0.4, -0.2) is 22.2 Å². The lowest BCUT2D eigenvalue weighted by molar-refractivity contribution is 0.101. The van der Waals surface area contributed by atoms with Crippen LogP contribution in [0.3, 0.4) is 0 Å². The highest BCUT2D eigenvalue weighted by atomic mass is 16.2. The van der Waals surface area contributed by atoms with Gasteiger partial charge in [-0.05, 0) is 36.4 Å². The monoisotopic (exact) mass is 268 g/mol. The molecule has 0 radical (unpaired) electrons. The Morgan fingerprint density at radius 3 is 2.65 bits per heavy atom. The molecule has 0 aliphatic carbocycles. The van der Waals surface area contributed by atoms with Gasteiger partial charge in [0.1, 0.15) is 5.69 Å². The maximum absolute atomic E-state index is 12.0. The van der Waals surface area contributed by atoms with Crippen LogP contribution in [0, 0.1) is 11.8 Å². The Balaban J connectivity index is 2.03. The highest BCUT2D eigenvalue weighted by Crippen LogP contribution is 2.11. The van der Waals surface area contributed by atoms with Gasteiger partial charge in [0.15, 0.2) is 0 Å². The van der Waals surface area contributed by atoms with E-state index in [0.717, 1.165) is 11.3 Å². The van der Waals surface area contributed by atoms with Gasteiger partial charge in [-0.3, -0.25) is 4.79 Å². The molecule has 0 aliphatic heterocycles. The number of hydrogen-bond donors (Lipinski definition) is 2. The Kier molecular flexibility index (Phi) is 4.59. The second kappa shape index (κ2) is 6.60. The predicted octanol–water partition coefficient (Wildman–Crippen LogP) is 2.01. The molecule has 0 aliphatic rings. The van der Waals surface area contributed by atoms with Crippen LogP contribution in [0.2, 0.25) is 0 Å². The van der Waals surface area contributed by atoms with Crippen molar-refractivity contribution < 1.29 is 9.90 Å². The molecule has 4 heteroatoms. The number of amides is 1. The van der Waals surface area contributed by atoms with E-state index >= 15 is 0 Å². The van der Waals surface area contributed by atoms with Crippen molar-refractivity contribution in [3.8, 4) is 11.8 Å². The number of aliphatic hydroxyl groups is 1. The second-order valence-electron chi connectivity index (χ2n) is 4.31. The third-order valence-corrected chi connectivity index (χ3v) is 2.79. The van der Waals surface area contributed by atoms with Crippen LogP contribution in [0.4, 0.5) is 5.69 Å². The number of nitrogens with zero attached hydrogens (tertiary/aromatic N) is 1. The molecule has 20 heavy (non-hydrogen) atoms. The molecule has 1 aromatic heterocycles. The van der Waals surface area contributed by atoms with Crippen molar-refractivity contribution in [3.63, 3.8) is 0 Å². The lowest BCUT2D eigenvalue weighted by Gasteiger charge is -2.06. The molecular weight excluding hydrogens is 252 g/mol. The third kappa shape index (κ3) is 3.50. The zero-order valence-electron chi connectivity index (χ0n) is 11.3. The van der Waals surface area contributed by atoms with Crippen LogP contribution in [0.15, 0.2) is 42.6 Å². The van der Waals surface area contributed by atoms with Gasteiger partial charge in [0.25, 0.3) is 5.91 Å². The standard InChI is InChI=1S/C16H16N2O2/c1-18-11-4-6-15(18)16(20)17-14-9-7-13(8-10-14)5-2-3-12-19/h4,6-11,19H,3,12H2,1H3,(H,17,20). The molecule has 1 aromatic carbocycles. The van der Waals surface area contributed by atoms with Gasteiger partial charge in [-0.2, -0.15) is 0 Å². The number of carbonyl (C=O) groups excluding carboxylic acids is 1. The summed E-state index contributed by atoms with van der Waals surface area (Å²) in [6.45, 7) is 0.0673. The topological polar surface area (TPSA) is 54.3 Å². The van der Waals surface area contributed by atoms with Gasteiger partial charge in [-0.25, -0.2) is 0 Å². The average Bonchev–Trinajstić information content (AvgIpc) is 2.87. The van der Waals surface area contributed by atoms with Gasteiger partial charge >= 0.3 is 0 Å². The average molecular weight is 268 g/mol. The highest BCUT2D eigenvalue weighted by Gasteiger charge is 2.08. The first-order chi connectivity index (χ1) is 9.70. The summed E-state index contributed by atoms with van der Waals surface area (Å²) in [5, 5.41) is 11.5. The third-order valence-electron chi connectivity index (χ3n) is 2.79. The molecule has 2 rings (SSSR count).